The average Bonchev–Trinajstić information content (AvgIpc) is 2.61. The van der Waals surface area contributed by atoms with Gasteiger partial charge in [-0.1, -0.05) is 0 Å². The number of rotatable bonds is 6. The number of ether oxygens (including phenoxy) is 1. The molecule has 0 bridgehead atoms. The molecule has 0 aliphatic heterocycles. The van der Waals surface area contributed by atoms with Crippen molar-refractivity contribution in [3.05, 3.63) is 12.0 Å². The highest BCUT2D eigenvalue weighted by atomic mass is 32.1. The van der Waals surface area contributed by atoms with E-state index < -0.39 is 5.91 Å². The molecule has 0 fully saturated rings. The molecule has 1 aromatic rings. The second kappa shape index (κ2) is 6.13. The van der Waals surface area contributed by atoms with Crippen LogP contribution in [0.1, 0.15) is 10.5 Å². The van der Waals surface area contributed by atoms with Crippen molar-refractivity contribution >= 4 is 29.1 Å². The summed E-state index contributed by atoms with van der Waals surface area (Å²) < 4.78 is 6.55. The number of aliphatic hydroxyl groups excluding tert-OH is 1. The summed E-state index contributed by atoms with van der Waals surface area (Å²) in [6.07, 6.45) is 1.36. The molecule has 1 rings (SSSR count). The maximum atomic E-state index is 11.1. The number of thiocarbonyl (C=S) groups is 1. The molecule has 9 heteroatoms. The second-order valence-electron chi connectivity index (χ2n) is 3.03. The lowest BCUT2D eigenvalue weighted by Gasteiger charge is -2.10. The number of aliphatic hydroxyl groups is 1. The van der Waals surface area contributed by atoms with Crippen molar-refractivity contribution in [3.63, 3.8) is 0 Å². The van der Waals surface area contributed by atoms with Gasteiger partial charge >= 0.3 is 0 Å². The number of nitrogens with one attached hydrogen (secondary N) is 1. The molecule has 0 atom stereocenters. The monoisotopic (exact) mass is 259 g/mol. The van der Waals surface area contributed by atoms with Crippen LogP contribution in [0.4, 0.5) is 5.82 Å². The van der Waals surface area contributed by atoms with E-state index in [4.69, 9.17) is 21.3 Å². The first-order chi connectivity index (χ1) is 8.06. The van der Waals surface area contributed by atoms with Gasteiger partial charge in [0, 0.05) is 0 Å². The molecular weight excluding hydrogens is 246 g/mol. The Bertz CT molecular complexity index is 419. The van der Waals surface area contributed by atoms with Crippen LogP contribution in [0.2, 0.25) is 0 Å². The first kappa shape index (κ1) is 13.4. The lowest BCUT2D eigenvalue weighted by molar-refractivity contribution is 0.0491. The minimum Gasteiger partial charge on any atom is -0.394 e. The lowest BCUT2D eigenvalue weighted by Crippen LogP contribution is -2.24. The quantitative estimate of drug-likeness (QED) is 0.365. The molecule has 94 valence electrons. The third-order valence-corrected chi connectivity index (χ3v) is 1.88. The van der Waals surface area contributed by atoms with Crippen molar-refractivity contribution in [2.45, 2.75) is 6.73 Å². The van der Waals surface area contributed by atoms with Crippen LogP contribution < -0.4 is 16.8 Å². The normalized spacial score (nSPS) is 10.2. The Morgan fingerprint density at radius 1 is 1.65 bits per heavy atom. The minimum atomic E-state index is -0.704. The third kappa shape index (κ3) is 3.66. The predicted molar refractivity (Wildman–Crippen MR) is 64.2 cm³/mol. The molecule has 8 nitrogen and oxygen atoms in total. The number of nitrogens with zero attached hydrogens (tertiary/aromatic N) is 2. The van der Waals surface area contributed by atoms with Gasteiger partial charge in [0.05, 0.1) is 19.5 Å². The van der Waals surface area contributed by atoms with Crippen molar-refractivity contribution in [1.82, 2.24) is 9.55 Å². The van der Waals surface area contributed by atoms with Crippen LogP contribution in [-0.2, 0) is 11.5 Å². The van der Waals surface area contributed by atoms with Crippen molar-refractivity contribution < 1.29 is 14.6 Å². The smallest absolute Gasteiger partial charge is 0.271 e. The number of carbonyl (C=O) groups is 1. The summed E-state index contributed by atoms with van der Waals surface area (Å²) in [7, 11) is 0. The predicted octanol–water partition coefficient (Wildman–Crippen LogP) is -1.40. The Kier molecular flexibility index (Phi) is 4.82. The Morgan fingerprint density at radius 3 is 2.88 bits per heavy atom. The molecule has 0 saturated carbocycles. The fourth-order valence-corrected chi connectivity index (χ4v) is 1.23. The molecule has 0 radical (unpaired) electrons. The number of anilines is 1. The van der Waals surface area contributed by atoms with Gasteiger partial charge in [0.1, 0.15) is 12.5 Å². The molecule has 1 heterocycles. The van der Waals surface area contributed by atoms with E-state index in [1.54, 1.807) is 0 Å². The number of nitrogens with two attached hydrogens (primary N) is 2. The van der Waals surface area contributed by atoms with Crippen LogP contribution in [0.25, 0.3) is 0 Å². The molecule has 0 spiro atoms. The number of hydrogen-bond acceptors (Lipinski definition) is 5. The summed E-state index contributed by atoms with van der Waals surface area (Å²) in [5.41, 5.74) is 10.5. The topological polar surface area (TPSA) is 128 Å². The number of imidazole rings is 1. The summed E-state index contributed by atoms with van der Waals surface area (Å²) in [5.74, 6) is -0.437. The van der Waals surface area contributed by atoms with Crippen LogP contribution in [0, 0.1) is 0 Å². The molecule has 6 N–H and O–H groups in total. The molecule has 0 aromatic carbocycles. The van der Waals surface area contributed by atoms with Crippen LogP contribution >= 0.6 is 12.2 Å². The highest BCUT2D eigenvalue weighted by Crippen LogP contribution is 2.13. The maximum absolute atomic E-state index is 11.1. The van der Waals surface area contributed by atoms with E-state index in [9.17, 15) is 4.79 Å². The van der Waals surface area contributed by atoms with Crippen molar-refractivity contribution in [1.29, 1.82) is 0 Å². The highest BCUT2D eigenvalue weighted by molar-refractivity contribution is 7.80. The van der Waals surface area contributed by atoms with Crippen molar-refractivity contribution in [2.24, 2.45) is 11.5 Å². The number of amides is 1. The van der Waals surface area contributed by atoms with Gasteiger partial charge in [-0.15, -0.1) is 0 Å². The summed E-state index contributed by atoms with van der Waals surface area (Å²) >= 11 is 4.68. The molecular formula is C8H13N5O3S. The highest BCUT2D eigenvalue weighted by Gasteiger charge is 2.15. The van der Waals surface area contributed by atoms with E-state index in [0.717, 1.165) is 0 Å². The van der Waals surface area contributed by atoms with Gasteiger partial charge in [-0.25, -0.2) is 4.98 Å². The standard InChI is InChI=1S/C8H13N5O3S/c9-6(15)5-7(12-8(10)17)13(3-11-5)4-16-2-1-14/h3,14H,1-2,4H2,(H2,9,15)(H3,10,12,17). The number of aromatic nitrogens is 2. The van der Waals surface area contributed by atoms with Gasteiger partial charge in [-0.05, 0) is 12.2 Å². The van der Waals surface area contributed by atoms with E-state index in [1.165, 1.54) is 10.9 Å². The van der Waals surface area contributed by atoms with Crippen LogP contribution in [-0.4, -0.2) is 38.9 Å². The summed E-state index contributed by atoms with van der Waals surface area (Å²) in [6, 6.07) is 0. The first-order valence-corrected chi connectivity index (χ1v) is 5.07. The second-order valence-corrected chi connectivity index (χ2v) is 3.47. The SMILES string of the molecule is NC(=O)c1ncn(COCCO)c1NC(N)=S. The summed E-state index contributed by atoms with van der Waals surface area (Å²) in [4.78, 5) is 14.9. The molecule has 0 aliphatic carbocycles. The molecule has 0 unspecified atom stereocenters. The molecule has 0 aliphatic rings. The number of primary amides is 1. The molecule has 1 amide bonds. The zero-order chi connectivity index (χ0) is 12.8. The van der Waals surface area contributed by atoms with Gasteiger partial charge < -0.3 is 26.6 Å². The third-order valence-electron chi connectivity index (χ3n) is 1.78. The van der Waals surface area contributed by atoms with E-state index >= 15 is 0 Å². The van der Waals surface area contributed by atoms with Gasteiger partial charge in [-0.3, -0.25) is 9.36 Å². The largest absolute Gasteiger partial charge is 0.394 e. The van der Waals surface area contributed by atoms with Crippen LogP contribution in [0.3, 0.4) is 0 Å². The van der Waals surface area contributed by atoms with E-state index in [2.05, 4.69) is 22.5 Å². The maximum Gasteiger partial charge on any atom is 0.271 e. The van der Waals surface area contributed by atoms with Crippen molar-refractivity contribution in [2.75, 3.05) is 18.5 Å². The number of hydrogen-bond donors (Lipinski definition) is 4. The fourth-order valence-electron chi connectivity index (χ4n) is 1.14. The Morgan fingerprint density at radius 2 is 2.35 bits per heavy atom. The zero-order valence-electron chi connectivity index (χ0n) is 8.92. The Balaban J connectivity index is 2.88. The Hall–Kier alpha value is -1.71. The fraction of sp³-hybridized carbons (Fsp3) is 0.375. The number of carbonyl (C=O) groups excluding carboxylic acids is 1. The van der Waals surface area contributed by atoms with Crippen molar-refractivity contribution in [3.8, 4) is 0 Å². The first-order valence-electron chi connectivity index (χ1n) is 4.66. The van der Waals surface area contributed by atoms with Gasteiger partial charge in [0.15, 0.2) is 10.8 Å². The minimum absolute atomic E-state index is 0.0172. The average molecular weight is 259 g/mol. The molecule has 17 heavy (non-hydrogen) atoms. The molecule has 1 aromatic heterocycles. The summed E-state index contributed by atoms with van der Waals surface area (Å²) in [6.45, 7) is 0.151. The van der Waals surface area contributed by atoms with E-state index in [0.29, 0.717) is 0 Å². The summed E-state index contributed by atoms with van der Waals surface area (Å²) in [5, 5.41) is 11.2. The van der Waals surface area contributed by atoms with Crippen LogP contribution in [0.15, 0.2) is 6.33 Å². The van der Waals surface area contributed by atoms with Gasteiger partial charge in [0.2, 0.25) is 0 Å². The Labute approximate surface area is 103 Å². The van der Waals surface area contributed by atoms with E-state index in [1.807, 2.05) is 0 Å². The van der Waals surface area contributed by atoms with Gasteiger partial charge in [-0.2, -0.15) is 0 Å². The van der Waals surface area contributed by atoms with E-state index in [-0.39, 0.29) is 36.6 Å². The van der Waals surface area contributed by atoms with Gasteiger partial charge in [0.25, 0.3) is 5.91 Å². The molecule has 0 saturated heterocycles. The lowest BCUT2D eigenvalue weighted by atomic mass is 10.4. The van der Waals surface area contributed by atoms with Crippen LogP contribution in [0.5, 0.6) is 0 Å². The zero-order valence-corrected chi connectivity index (χ0v) is 9.74.